The van der Waals surface area contributed by atoms with Crippen LogP contribution in [0.5, 0.6) is 5.88 Å². The van der Waals surface area contributed by atoms with E-state index in [1.165, 1.54) is 0 Å². The number of rotatable bonds is 3. The molecular formula is C15H15N5O5. The number of aromatic nitrogens is 2. The summed E-state index contributed by atoms with van der Waals surface area (Å²) >= 11 is 0. The lowest BCUT2D eigenvalue weighted by molar-refractivity contribution is 0.0303. The number of benzene rings is 1. The number of nitrogens with one attached hydrogen (secondary N) is 2. The highest BCUT2D eigenvalue weighted by Crippen LogP contribution is 2.24. The Kier molecular flexibility index (Phi) is 4.70. The van der Waals surface area contributed by atoms with Crippen molar-refractivity contribution >= 4 is 17.3 Å². The van der Waals surface area contributed by atoms with Crippen molar-refractivity contribution in [2.75, 3.05) is 26.3 Å². The molecule has 0 saturated carbocycles. The molecule has 1 aromatic heterocycles. The Morgan fingerprint density at radius 2 is 1.84 bits per heavy atom. The maximum Gasteiger partial charge on any atom is 0.328 e. The number of azo groups is 1. The maximum atomic E-state index is 12.6. The number of H-pyrrole nitrogens is 2. The van der Waals surface area contributed by atoms with E-state index in [0.717, 1.165) is 0 Å². The van der Waals surface area contributed by atoms with Crippen LogP contribution in [0.1, 0.15) is 10.4 Å². The molecule has 2 heterocycles. The molecule has 0 bridgehead atoms. The minimum atomic E-state index is -0.887. The number of amides is 1. The van der Waals surface area contributed by atoms with Gasteiger partial charge in [0.2, 0.25) is 11.6 Å². The van der Waals surface area contributed by atoms with Crippen LogP contribution < -0.4 is 11.2 Å². The van der Waals surface area contributed by atoms with Gasteiger partial charge in [0, 0.05) is 13.1 Å². The van der Waals surface area contributed by atoms with Crippen LogP contribution in [-0.4, -0.2) is 52.2 Å². The van der Waals surface area contributed by atoms with E-state index >= 15 is 0 Å². The molecule has 10 nitrogen and oxygen atoms in total. The summed E-state index contributed by atoms with van der Waals surface area (Å²) in [6.45, 7) is 1.89. The van der Waals surface area contributed by atoms with Crippen LogP contribution in [0.3, 0.4) is 0 Å². The number of carbonyl (C=O) groups is 1. The van der Waals surface area contributed by atoms with Gasteiger partial charge in [-0.25, -0.2) is 4.79 Å². The van der Waals surface area contributed by atoms with Crippen LogP contribution in [0.4, 0.5) is 11.4 Å². The predicted molar refractivity (Wildman–Crippen MR) is 86.7 cm³/mol. The van der Waals surface area contributed by atoms with E-state index in [4.69, 9.17) is 4.74 Å². The van der Waals surface area contributed by atoms with Gasteiger partial charge in [0.05, 0.1) is 24.5 Å². The zero-order valence-electron chi connectivity index (χ0n) is 13.1. The number of carbonyl (C=O) groups excluding carboxylic acids is 1. The summed E-state index contributed by atoms with van der Waals surface area (Å²) < 4.78 is 5.23. The lowest BCUT2D eigenvalue weighted by Gasteiger charge is -2.27. The van der Waals surface area contributed by atoms with Crippen molar-refractivity contribution in [2.24, 2.45) is 10.2 Å². The highest BCUT2D eigenvalue weighted by Gasteiger charge is 2.21. The molecule has 1 saturated heterocycles. The summed E-state index contributed by atoms with van der Waals surface area (Å²) in [4.78, 5) is 40.9. The van der Waals surface area contributed by atoms with Crippen LogP contribution in [0.15, 0.2) is 44.1 Å². The first-order valence-electron chi connectivity index (χ1n) is 7.49. The number of aromatic amines is 2. The Hall–Kier alpha value is -3.27. The van der Waals surface area contributed by atoms with E-state index in [1.807, 2.05) is 9.97 Å². The zero-order valence-corrected chi connectivity index (χ0v) is 13.1. The predicted octanol–water partition coefficient (Wildman–Crippen LogP) is 0.657. The first-order valence-corrected chi connectivity index (χ1v) is 7.49. The Labute approximate surface area is 140 Å². The number of hydrogen-bond acceptors (Lipinski definition) is 7. The summed E-state index contributed by atoms with van der Waals surface area (Å²) in [5.74, 6) is -0.924. The second kappa shape index (κ2) is 7.09. The standard InChI is InChI=1S/C15H15N5O5/c21-12-11(13(22)17-15(24)16-12)19-18-10-4-2-1-3-9(10)14(23)20-5-7-25-8-6-20/h1-4H,5-8H2,(H3,16,17,21,22,24). The second-order valence-electron chi connectivity index (χ2n) is 5.23. The quantitative estimate of drug-likeness (QED) is 0.701. The fourth-order valence-electron chi connectivity index (χ4n) is 2.34. The topological polar surface area (TPSA) is 140 Å². The third-order valence-corrected chi connectivity index (χ3v) is 3.59. The van der Waals surface area contributed by atoms with Crippen molar-refractivity contribution in [1.82, 2.24) is 14.9 Å². The molecule has 3 N–H and O–H groups in total. The Morgan fingerprint density at radius 1 is 1.12 bits per heavy atom. The molecule has 2 aromatic rings. The van der Waals surface area contributed by atoms with E-state index in [9.17, 15) is 19.5 Å². The molecule has 0 spiro atoms. The molecule has 0 unspecified atom stereocenters. The van der Waals surface area contributed by atoms with E-state index in [-0.39, 0.29) is 11.6 Å². The first kappa shape index (κ1) is 16.6. The Balaban J connectivity index is 1.92. The summed E-state index contributed by atoms with van der Waals surface area (Å²) in [6, 6.07) is 6.52. The van der Waals surface area contributed by atoms with Gasteiger partial charge in [0.1, 0.15) is 0 Å². The van der Waals surface area contributed by atoms with Gasteiger partial charge >= 0.3 is 5.69 Å². The van der Waals surface area contributed by atoms with Crippen molar-refractivity contribution in [2.45, 2.75) is 0 Å². The summed E-state index contributed by atoms with van der Waals surface area (Å²) in [7, 11) is 0. The van der Waals surface area contributed by atoms with Gasteiger partial charge < -0.3 is 14.7 Å². The van der Waals surface area contributed by atoms with Gasteiger partial charge in [0.25, 0.3) is 11.5 Å². The smallest absolute Gasteiger partial charge is 0.328 e. The highest BCUT2D eigenvalue weighted by molar-refractivity contribution is 5.98. The fraction of sp³-hybridized carbons (Fsp3) is 0.267. The molecule has 1 fully saturated rings. The molecule has 0 radical (unpaired) electrons. The number of aromatic hydroxyl groups is 1. The van der Waals surface area contributed by atoms with Crippen LogP contribution in [0, 0.1) is 0 Å². The number of nitrogens with zero attached hydrogens (tertiary/aromatic N) is 3. The largest absolute Gasteiger partial charge is 0.493 e. The molecule has 130 valence electrons. The first-order chi connectivity index (χ1) is 12.1. The van der Waals surface area contributed by atoms with E-state index < -0.39 is 22.8 Å². The molecule has 0 atom stereocenters. The van der Waals surface area contributed by atoms with Crippen LogP contribution in [-0.2, 0) is 4.74 Å². The molecule has 25 heavy (non-hydrogen) atoms. The molecule has 1 aliphatic heterocycles. The van der Waals surface area contributed by atoms with Gasteiger partial charge in [-0.3, -0.25) is 19.6 Å². The monoisotopic (exact) mass is 345 g/mol. The molecule has 1 aliphatic rings. The number of hydrogen-bond donors (Lipinski definition) is 3. The van der Waals surface area contributed by atoms with E-state index in [0.29, 0.717) is 31.9 Å². The molecule has 10 heteroatoms. The van der Waals surface area contributed by atoms with Crippen molar-refractivity contribution in [1.29, 1.82) is 0 Å². The Bertz CT molecular complexity index is 926. The van der Waals surface area contributed by atoms with Crippen molar-refractivity contribution in [3.05, 3.63) is 50.7 Å². The second-order valence-corrected chi connectivity index (χ2v) is 5.23. The van der Waals surface area contributed by atoms with E-state index in [1.54, 1.807) is 29.2 Å². The fourth-order valence-corrected chi connectivity index (χ4v) is 2.34. The van der Waals surface area contributed by atoms with Crippen LogP contribution in [0.25, 0.3) is 0 Å². The van der Waals surface area contributed by atoms with Crippen molar-refractivity contribution in [3.63, 3.8) is 0 Å². The number of morpholine rings is 1. The van der Waals surface area contributed by atoms with Gasteiger partial charge in [-0.05, 0) is 12.1 Å². The molecule has 0 aliphatic carbocycles. The lowest BCUT2D eigenvalue weighted by atomic mass is 10.1. The minimum absolute atomic E-state index is 0.225. The van der Waals surface area contributed by atoms with E-state index in [2.05, 4.69) is 10.2 Å². The van der Waals surface area contributed by atoms with Crippen LogP contribution >= 0.6 is 0 Å². The van der Waals surface area contributed by atoms with Gasteiger partial charge in [-0.2, -0.15) is 0 Å². The van der Waals surface area contributed by atoms with Crippen molar-refractivity contribution in [3.8, 4) is 5.88 Å². The third kappa shape index (κ3) is 3.63. The van der Waals surface area contributed by atoms with Gasteiger partial charge in [0.15, 0.2) is 0 Å². The molecule has 1 aromatic carbocycles. The van der Waals surface area contributed by atoms with Gasteiger partial charge in [-0.1, -0.05) is 12.1 Å². The average molecular weight is 345 g/mol. The van der Waals surface area contributed by atoms with Crippen LogP contribution in [0.2, 0.25) is 0 Å². The zero-order chi connectivity index (χ0) is 17.8. The van der Waals surface area contributed by atoms with Gasteiger partial charge in [-0.15, -0.1) is 10.2 Å². The highest BCUT2D eigenvalue weighted by atomic mass is 16.5. The third-order valence-electron chi connectivity index (χ3n) is 3.59. The minimum Gasteiger partial charge on any atom is -0.493 e. The lowest BCUT2D eigenvalue weighted by Crippen LogP contribution is -2.40. The molecule has 3 rings (SSSR count). The molecular weight excluding hydrogens is 330 g/mol. The molecule has 1 amide bonds. The summed E-state index contributed by atoms with van der Waals surface area (Å²) in [5, 5.41) is 17.2. The summed E-state index contributed by atoms with van der Waals surface area (Å²) in [6.07, 6.45) is 0. The van der Waals surface area contributed by atoms with Crippen molar-refractivity contribution < 1.29 is 14.6 Å². The summed E-state index contributed by atoms with van der Waals surface area (Å²) in [5.41, 5.74) is -1.64. The number of ether oxygens (including phenoxy) is 1. The Morgan fingerprint density at radius 3 is 2.56 bits per heavy atom. The maximum absolute atomic E-state index is 12.6. The average Bonchev–Trinajstić information content (AvgIpc) is 2.61. The SMILES string of the molecule is O=C(c1ccccc1N=Nc1c(O)[nH]c(=O)[nH]c1=O)N1CCOCC1. The normalized spacial score (nSPS) is 14.8.